The van der Waals surface area contributed by atoms with Crippen molar-refractivity contribution in [3.8, 4) is 0 Å². The van der Waals surface area contributed by atoms with Gasteiger partial charge in [-0.25, -0.2) is 0 Å². The highest BCUT2D eigenvalue weighted by atomic mass is 16.3. The van der Waals surface area contributed by atoms with Crippen molar-refractivity contribution < 1.29 is 19.5 Å². The van der Waals surface area contributed by atoms with Crippen molar-refractivity contribution in [2.45, 2.75) is 39.2 Å². The van der Waals surface area contributed by atoms with Crippen LogP contribution in [0.5, 0.6) is 0 Å². The normalized spacial score (nSPS) is 19.8. The van der Waals surface area contributed by atoms with Gasteiger partial charge in [0.05, 0.1) is 5.69 Å². The number of anilines is 1. The van der Waals surface area contributed by atoms with E-state index >= 15 is 0 Å². The first-order chi connectivity index (χ1) is 13.0. The van der Waals surface area contributed by atoms with Gasteiger partial charge in [0.1, 0.15) is 6.04 Å². The van der Waals surface area contributed by atoms with Crippen molar-refractivity contribution in [3.63, 3.8) is 0 Å². The molecule has 2 aliphatic rings. The lowest BCUT2D eigenvalue weighted by Crippen LogP contribution is -2.48. The van der Waals surface area contributed by atoms with Crippen LogP contribution in [0, 0.1) is 6.92 Å². The van der Waals surface area contributed by atoms with Crippen LogP contribution < -0.4 is 4.90 Å². The fourth-order valence-electron chi connectivity index (χ4n) is 3.54. The molecule has 148 valence electrons. The molecule has 0 saturated carbocycles. The maximum atomic E-state index is 12.8. The Morgan fingerprint density at radius 2 is 1.85 bits per heavy atom. The van der Waals surface area contributed by atoms with Gasteiger partial charge in [-0.3, -0.25) is 14.4 Å². The van der Waals surface area contributed by atoms with Crippen LogP contribution in [0.4, 0.5) is 5.82 Å². The molecule has 2 aliphatic heterocycles. The van der Waals surface area contributed by atoms with E-state index in [9.17, 15) is 9.59 Å². The van der Waals surface area contributed by atoms with Crippen molar-refractivity contribution in [1.82, 2.24) is 20.0 Å². The summed E-state index contributed by atoms with van der Waals surface area (Å²) in [4.78, 5) is 38.7. The highest BCUT2D eigenvalue weighted by Crippen LogP contribution is 2.21. The molecule has 27 heavy (non-hydrogen) atoms. The molecule has 0 bridgehead atoms. The lowest BCUT2D eigenvalue weighted by molar-refractivity contribution is -0.142. The number of nitrogens with zero attached hydrogens (tertiary/aromatic N) is 5. The number of rotatable bonds is 2. The Hall–Kier alpha value is -2.71. The lowest BCUT2D eigenvalue weighted by Gasteiger charge is -2.29. The van der Waals surface area contributed by atoms with Crippen molar-refractivity contribution in [3.05, 3.63) is 17.8 Å². The van der Waals surface area contributed by atoms with Crippen molar-refractivity contribution >= 4 is 24.1 Å². The summed E-state index contributed by atoms with van der Waals surface area (Å²) in [5.41, 5.74) is 0.899. The molecule has 0 radical (unpaired) electrons. The van der Waals surface area contributed by atoms with E-state index in [1.165, 1.54) is 0 Å². The predicted molar refractivity (Wildman–Crippen MR) is 99.3 cm³/mol. The van der Waals surface area contributed by atoms with Gasteiger partial charge in [-0.05, 0) is 38.3 Å². The molecule has 1 unspecified atom stereocenters. The third-order valence-corrected chi connectivity index (χ3v) is 4.86. The summed E-state index contributed by atoms with van der Waals surface area (Å²) < 4.78 is 0. The van der Waals surface area contributed by atoms with Gasteiger partial charge in [0, 0.05) is 39.6 Å². The van der Waals surface area contributed by atoms with Crippen LogP contribution in [-0.2, 0) is 14.4 Å². The summed E-state index contributed by atoms with van der Waals surface area (Å²) in [7, 11) is 0. The molecule has 2 fully saturated rings. The molecule has 0 aromatic carbocycles. The summed E-state index contributed by atoms with van der Waals surface area (Å²) >= 11 is 0. The Morgan fingerprint density at radius 3 is 2.48 bits per heavy atom. The van der Waals surface area contributed by atoms with Crippen molar-refractivity contribution in [2.24, 2.45) is 0 Å². The molecule has 3 heterocycles. The number of hydrogen-bond acceptors (Lipinski definition) is 6. The Kier molecular flexibility index (Phi) is 7.51. The van der Waals surface area contributed by atoms with Gasteiger partial charge in [0.2, 0.25) is 11.8 Å². The fraction of sp³-hybridized carbons (Fsp3) is 0.611. The van der Waals surface area contributed by atoms with Crippen LogP contribution in [0.3, 0.4) is 0 Å². The highest BCUT2D eigenvalue weighted by Gasteiger charge is 2.35. The number of carbonyl (C=O) groups is 3. The maximum Gasteiger partial charge on any atom is 0.290 e. The predicted octanol–water partition coefficient (Wildman–Crippen LogP) is 0.535. The first kappa shape index (κ1) is 20.6. The van der Waals surface area contributed by atoms with Gasteiger partial charge in [0.25, 0.3) is 6.47 Å². The molecule has 2 amide bonds. The number of likely N-dealkylation sites (tertiary alicyclic amines) is 1. The standard InChI is InChI=1S/C17H25N5O2.CH2O2/c1-13-6-7-16(19-18-13)20-8-4-9-21(12-11-20)17(24)15-5-3-10-22(15)14(2)23;2-1-3/h6-7,15H,3-5,8-12H2,1-2H3;1H,(H,2,3). The zero-order chi connectivity index (χ0) is 19.8. The lowest BCUT2D eigenvalue weighted by atomic mass is 10.2. The first-order valence-corrected chi connectivity index (χ1v) is 9.17. The smallest absolute Gasteiger partial charge is 0.290 e. The number of carbonyl (C=O) groups excluding carboxylic acids is 2. The molecule has 9 heteroatoms. The minimum Gasteiger partial charge on any atom is -0.483 e. The molecule has 2 saturated heterocycles. The number of carboxylic acid groups (broad SMARTS) is 1. The summed E-state index contributed by atoms with van der Waals surface area (Å²) in [6.45, 7) is 6.92. The molecule has 3 rings (SSSR count). The third kappa shape index (κ3) is 5.38. The van der Waals surface area contributed by atoms with Crippen LogP contribution in [0.1, 0.15) is 31.9 Å². The monoisotopic (exact) mass is 377 g/mol. The van der Waals surface area contributed by atoms with Crippen LogP contribution in [0.15, 0.2) is 12.1 Å². The first-order valence-electron chi connectivity index (χ1n) is 9.17. The molecule has 0 aliphatic carbocycles. The van der Waals surface area contributed by atoms with Gasteiger partial charge in [-0.1, -0.05) is 0 Å². The highest BCUT2D eigenvalue weighted by molar-refractivity contribution is 5.87. The number of aromatic nitrogens is 2. The summed E-state index contributed by atoms with van der Waals surface area (Å²) in [6, 6.07) is 3.67. The van der Waals surface area contributed by atoms with Gasteiger partial charge < -0.3 is 19.8 Å². The SMILES string of the molecule is CC(=O)N1CCCC1C(=O)N1CCCN(c2ccc(C)nn2)CC1.O=CO. The zero-order valence-corrected chi connectivity index (χ0v) is 15.9. The van der Waals surface area contributed by atoms with E-state index < -0.39 is 0 Å². The molecule has 1 aromatic heterocycles. The van der Waals surface area contributed by atoms with Crippen LogP contribution in [0.25, 0.3) is 0 Å². The zero-order valence-electron chi connectivity index (χ0n) is 15.9. The Bertz CT molecular complexity index is 652. The number of hydrogen-bond donors (Lipinski definition) is 1. The molecule has 0 spiro atoms. The van der Waals surface area contributed by atoms with Crippen LogP contribution in [0.2, 0.25) is 0 Å². The van der Waals surface area contributed by atoms with E-state index in [-0.39, 0.29) is 24.3 Å². The van der Waals surface area contributed by atoms with E-state index in [0.717, 1.165) is 50.4 Å². The molecular weight excluding hydrogens is 350 g/mol. The second kappa shape index (κ2) is 9.84. The van der Waals surface area contributed by atoms with E-state index in [2.05, 4.69) is 15.1 Å². The third-order valence-electron chi connectivity index (χ3n) is 4.86. The second-order valence-electron chi connectivity index (χ2n) is 6.67. The van der Waals surface area contributed by atoms with Crippen molar-refractivity contribution in [1.29, 1.82) is 0 Å². The van der Waals surface area contributed by atoms with E-state index in [1.807, 2.05) is 24.0 Å². The van der Waals surface area contributed by atoms with Gasteiger partial charge >= 0.3 is 0 Å². The van der Waals surface area contributed by atoms with Crippen LogP contribution >= 0.6 is 0 Å². The van der Waals surface area contributed by atoms with Crippen LogP contribution in [-0.4, -0.2) is 82.2 Å². The topological polar surface area (TPSA) is 107 Å². The van der Waals surface area contributed by atoms with Gasteiger partial charge in [-0.2, -0.15) is 5.10 Å². The molecule has 1 aromatic rings. The van der Waals surface area contributed by atoms with Gasteiger partial charge in [-0.15, -0.1) is 5.10 Å². The molecule has 1 N–H and O–H groups in total. The maximum absolute atomic E-state index is 12.8. The van der Waals surface area contributed by atoms with E-state index in [0.29, 0.717) is 13.1 Å². The summed E-state index contributed by atoms with van der Waals surface area (Å²) in [5, 5.41) is 15.2. The Morgan fingerprint density at radius 1 is 1.11 bits per heavy atom. The average molecular weight is 377 g/mol. The number of amides is 2. The Balaban J connectivity index is 0.000000817. The minimum atomic E-state index is -0.270. The molecular formula is C18H27N5O4. The van der Waals surface area contributed by atoms with Gasteiger partial charge in [0.15, 0.2) is 5.82 Å². The quantitative estimate of drug-likeness (QED) is 0.750. The molecule has 9 nitrogen and oxygen atoms in total. The minimum absolute atomic E-state index is 0.00257. The largest absolute Gasteiger partial charge is 0.483 e. The fourth-order valence-corrected chi connectivity index (χ4v) is 3.54. The second-order valence-corrected chi connectivity index (χ2v) is 6.67. The number of aryl methyl sites for hydroxylation is 1. The summed E-state index contributed by atoms with van der Waals surface area (Å²) in [6.07, 6.45) is 2.59. The van der Waals surface area contributed by atoms with E-state index in [1.54, 1.807) is 11.8 Å². The van der Waals surface area contributed by atoms with Crippen molar-refractivity contribution in [2.75, 3.05) is 37.6 Å². The summed E-state index contributed by atoms with van der Waals surface area (Å²) in [5.74, 6) is 0.956. The average Bonchev–Trinajstić information content (AvgIpc) is 3.01. The van der Waals surface area contributed by atoms with E-state index in [4.69, 9.17) is 9.90 Å². The Labute approximate surface area is 159 Å². The molecule has 1 atom stereocenters.